The van der Waals surface area contributed by atoms with Crippen molar-refractivity contribution in [2.45, 2.75) is 33.0 Å². The van der Waals surface area contributed by atoms with Gasteiger partial charge in [0.2, 0.25) is 0 Å². The molecule has 0 aliphatic carbocycles. The number of carbonyl (C=O) groups excluding carboxylic acids is 1. The Morgan fingerprint density at radius 2 is 1.90 bits per heavy atom. The van der Waals surface area contributed by atoms with Crippen LogP contribution in [0.5, 0.6) is 5.75 Å². The van der Waals surface area contributed by atoms with E-state index in [4.69, 9.17) is 9.47 Å². The Bertz CT molecular complexity index is 451. The molecule has 1 heterocycles. The van der Waals surface area contributed by atoms with E-state index in [1.165, 1.54) is 4.90 Å². The molecule has 1 aromatic carbocycles. The van der Waals surface area contributed by atoms with Gasteiger partial charge in [-0.15, -0.1) is 0 Å². The van der Waals surface area contributed by atoms with Crippen LogP contribution in [-0.2, 0) is 9.53 Å². The Morgan fingerprint density at radius 1 is 1.29 bits per heavy atom. The SMILES string of the molecule is CCOc1ccc(NC(=O)C[NH+]2C[C@@H](C)O[C@H](C)C2)cc1. The van der Waals surface area contributed by atoms with Crippen LogP contribution in [0.4, 0.5) is 5.69 Å². The first-order chi connectivity index (χ1) is 10.1. The third-order valence-corrected chi connectivity index (χ3v) is 3.48. The molecule has 0 bridgehead atoms. The molecule has 5 nitrogen and oxygen atoms in total. The molecule has 2 N–H and O–H groups in total. The van der Waals surface area contributed by atoms with Crippen LogP contribution >= 0.6 is 0 Å². The van der Waals surface area contributed by atoms with E-state index in [1.807, 2.05) is 31.2 Å². The van der Waals surface area contributed by atoms with Gasteiger partial charge < -0.3 is 19.7 Å². The van der Waals surface area contributed by atoms with Crippen molar-refractivity contribution in [3.05, 3.63) is 24.3 Å². The van der Waals surface area contributed by atoms with E-state index in [0.717, 1.165) is 24.5 Å². The van der Waals surface area contributed by atoms with Crippen molar-refractivity contribution >= 4 is 11.6 Å². The Hall–Kier alpha value is -1.59. The lowest BCUT2D eigenvalue weighted by Gasteiger charge is -2.31. The smallest absolute Gasteiger partial charge is 0.279 e. The summed E-state index contributed by atoms with van der Waals surface area (Å²) in [5, 5.41) is 2.93. The highest BCUT2D eigenvalue weighted by Crippen LogP contribution is 2.15. The van der Waals surface area contributed by atoms with Gasteiger partial charge in [-0.1, -0.05) is 0 Å². The van der Waals surface area contributed by atoms with Gasteiger partial charge in [0, 0.05) is 5.69 Å². The van der Waals surface area contributed by atoms with Crippen molar-refractivity contribution in [2.24, 2.45) is 0 Å². The quantitative estimate of drug-likeness (QED) is 0.841. The minimum atomic E-state index is 0.0375. The predicted octanol–water partition coefficient (Wildman–Crippen LogP) is 0.716. The number of nitrogens with one attached hydrogen (secondary N) is 2. The van der Waals surface area contributed by atoms with Gasteiger partial charge in [0.15, 0.2) is 6.54 Å². The number of benzene rings is 1. The number of hydrogen-bond donors (Lipinski definition) is 2. The minimum Gasteiger partial charge on any atom is -0.494 e. The maximum absolute atomic E-state index is 12.1. The van der Waals surface area contributed by atoms with Crippen LogP contribution in [0, 0.1) is 0 Å². The van der Waals surface area contributed by atoms with Crippen molar-refractivity contribution in [3.8, 4) is 5.75 Å². The van der Waals surface area contributed by atoms with Gasteiger partial charge >= 0.3 is 0 Å². The molecule has 0 spiro atoms. The van der Waals surface area contributed by atoms with E-state index < -0.39 is 0 Å². The summed E-state index contributed by atoms with van der Waals surface area (Å²) in [7, 11) is 0. The first-order valence-corrected chi connectivity index (χ1v) is 7.58. The number of anilines is 1. The molecule has 0 radical (unpaired) electrons. The van der Waals surface area contributed by atoms with Crippen molar-refractivity contribution in [1.82, 2.24) is 0 Å². The highest BCUT2D eigenvalue weighted by atomic mass is 16.5. The van der Waals surface area contributed by atoms with Crippen LogP contribution in [-0.4, -0.2) is 44.4 Å². The van der Waals surface area contributed by atoms with E-state index in [1.54, 1.807) is 0 Å². The monoisotopic (exact) mass is 293 g/mol. The lowest BCUT2D eigenvalue weighted by Crippen LogP contribution is -3.16. The van der Waals surface area contributed by atoms with Gasteiger partial charge in [-0.05, 0) is 45.0 Å². The second kappa shape index (κ2) is 7.43. The summed E-state index contributed by atoms with van der Waals surface area (Å²) in [6, 6.07) is 7.46. The Labute approximate surface area is 126 Å². The fourth-order valence-electron chi connectivity index (χ4n) is 2.77. The summed E-state index contributed by atoms with van der Waals surface area (Å²) in [5.41, 5.74) is 0.803. The molecule has 1 aromatic rings. The topological polar surface area (TPSA) is 52.0 Å². The highest BCUT2D eigenvalue weighted by molar-refractivity contribution is 5.91. The summed E-state index contributed by atoms with van der Waals surface area (Å²) in [6.07, 6.45) is 0.420. The molecule has 1 amide bonds. The van der Waals surface area contributed by atoms with Crippen molar-refractivity contribution in [3.63, 3.8) is 0 Å². The third kappa shape index (κ3) is 5.02. The summed E-state index contributed by atoms with van der Waals surface area (Å²) in [6.45, 7) is 8.93. The van der Waals surface area contributed by atoms with Gasteiger partial charge in [-0.2, -0.15) is 0 Å². The van der Waals surface area contributed by atoms with Gasteiger partial charge in [-0.25, -0.2) is 0 Å². The molecular weight excluding hydrogens is 268 g/mol. The molecule has 0 saturated carbocycles. The summed E-state index contributed by atoms with van der Waals surface area (Å²) < 4.78 is 11.1. The lowest BCUT2D eigenvalue weighted by atomic mass is 10.2. The van der Waals surface area contributed by atoms with E-state index in [9.17, 15) is 4.79 Å². The fraction of sp³-hybridized carbons (Fsp3) is 0.562. The Morgan fingerprint density at radius 3 is 2.48 bits per heavy atom. The van der Waals surface area contributed by atoms with Gasteiger partial charge in [0.05, 0.1) is 6.61 Å². The third-order valence-electron chi connectivity index (χ3n) is 3.48. The molecule has 1 aliphatic heterocycles. The molecule has 116 valence electrons. The van der Waals surface area contributed by atoms with E-state index in [0.29, 0.717) is 13.2 Å². The number of carbonyl (C=O) groups is 1. The molecule has 21 heavy (non-hydrogen) atoms. The van der Waals surface area contributed by atoms with Crippen LogP contribution in [0.15, 0.2) is 24.3 Å². The zero-order valence-electron chi connectivity index (χ0n) is 13.0. The second-order valence-corrected chi connectivity index (χ2v) is 5.60. The van der Waals surface area contributed by atoms with Crippen LogP contribution < -0.4 is 15.0 Å². The van der Waals surface area contributed by atoms with Crippen molar-refractivity contribution in [1.29, 1.82) is 0 Å². The number of morpholine rings is 1. The Kier molecular flexibility index (Phi) is 5.59. The van der Waals surface area contributed by atoms with Gasteiger partial charge in [0.25, 0.3) is 5.91 Å². The van der Waals surface area contributed by atoms with Crippen LogP contribution in [0.2, 0.25) is 0 Å². The average molecular weight is 293 g/mol. The fourth-order valence-corrected chi connectivity index (χ4v) is 2.77. The molecule has 1 fully saturated rings. The Balaban J connectivity index is 1.83. The molecule has 2 atom stereocenters. The normalized spacial score (nSPS) is 25.4. The van der Waals surface area contributed by atoms with Gasteiger partial charge in [0.1, 0.15) is 31.0 Å². The zero-order chi connectivity index (χ0) is 15.2. The molecule has 5 heteroatoms. The number of rotatable bonds is 5. The van der Waals surface area contributed by atoms with E-state index in [2.05, 4.69) is 19.2 Å². The summed E-state index contributed by atoms with van der Waals surface area (Å²) in [4.78, 5) is 13.4. The minimum absolute atomic E-state index is 0.0375. The van der Waals surface area contributed by atoms with E-state index >= 15 is 0 Å². The first kappa shape index (κ1) is 15.8. The summed E-state index contributed by atoms with van der Waals surface area (Å²) >= 11 is 0. The number of quaternary nitrogens is 1. The molecule has 1 aliphatic rings. The molecule has 2 rings (SSSR count). The van der Waals surface area contributed by atoms with Crippen LogP contribution in [0.25, 0.3) is 0 Å². The van der Waals surface area contributed by atoms with Crippen LogP contribution in [0.3, 0.4) is 0 Å². The number of ether oxygens (including phenoxy) is 2. The number of hydrogen-bond acceptors (Lipinski definition) is 3. The molecular formula is C16H25N2O3+. The predicted molar refractivity (Wildman–Crippen MR) is 81.8 cm³/mol. The summed E-state index contributed by atoms with van der Waals surface area (Å²) in [5.74, 6) is 0.854. The molecule has 1 saturated heterocycles. The van der Waals surface area contributed by atoms with Crippen molar-refractivity contribution < 1.29 is 19.2 Å². The highest BCUT2D eigenvalue weighted by Gasteiger charge is 2.27. The standard InChI is InChI=1S/C16H24N2O3/c1-4-20-15-7-5-14(6-8-15)17-16(19)11-18-9-12(2)21-13(3)10-18/h5-8,12-13H,4,9-11H2,1-3H3,(H,17,19)/p+1/t12-,13-/m1/s1. The maximum atomic E-state index is 12.1. The lowest BCUT2D eigenvalue weighted by molar-refractivity contribution is -0.907. The van der Waals surface area contributed by atoms with Crippen molar-refractivity contribution in [2.75, 3.05) is 31.6 Å². The number of amides is 1. The zero-order valence-corrected chi connectivity index (χ0v) is 13.0. The second-order valence-electron chi connectivity index (χ2n) is 5.60. The van der Waals surface area contributed by atoms with E-state index in [-0.39, 0.29) is 18.1 Å². The van der Waals surface area contributed by atoms with Crippen LogP contribution in [0.1, 0.15) is 20.8 Å². The molecule has 0 aromatic heterocycles. The maximum Gasteiger partial charge on any atom is 0.279 e. The largest absolute Gasteiger partial charge is 0.494 e. The van der Waals surface area contributed by atoms with Gasteiger partial charge in [-0.3, -0.25) is 4.79 Å². The molecule has 0 unspecified atom stereocenters. The average Bonchev–Trinajstić information content (AvgIpc) is 2.40. The first-order valence-electron chi connectivity index (χ1n) is 7.58.